The molecule has 0 spiro atoms. The molecule has 124 valence electrons. The second-order valence-electron chi connectivity index (χ2n) is 5.90. The Labute approximate surface area is 144 Å². The number of nitrogens with one attached hydrogen (secondary N) is 2. The molecule has 2 aromatic carbocycles. The monoisotopic (exact) mass is 344 g/mol. The van der Waals surface area contributed by atoms with Gasteiger partial charge in [-0.05, 0) is 30.7 Å². The van der Waals surface area contributed by atoms with E-state index in [0.717, 1.165) is 46.7 Å². The number of anilines is 2. The van der Waals surface area contributed by atoms with Gasteiger partial charge >= 0.3 is 6.03 Å². The molecule has 0 saturated heterocycles. The molecule has 0 unspecified atom stereocenters. The Morgan fingerprint density at radius 3 is 2.88 bits per heavy atom. The van der Waals surface area contributed by atoms with Gasteiger partial charge in [0.25, 0.3) is 0 Å². The number of amides is 2. The Morgan fingerprint density at radius 2 is 2.00 bits per heavy atom. The Balaban J connectivity index is 1.62. The second-order valence-corrected chi connectivity index (χ2v) is 6.31. The van der Waals surface area contributed by atoms with E-state index in [4.69, 9.17) is 21.1 Å². The van der Waals surface area contributed by atoms with Crippen LogP contribution in [-0.4, -0.2) is 19.2 Å². The van der Waals surface area contributed by atoms with Crippen LogP contribution in [0.5, 0.6) is 11.5 Å². The molecule has 5 nitrogen and oxygen atoms in total. The first-order valence-electron chi connectivity index (χ1n) is 7.91. The van der Waals surface area contributed by atoms with Gasteiger partial charge in [0, 0.05) is 34.7 Å². The largest absolute Gasteiger partial charge is 0.493 e. The molecule has 0 saturated carbocycles. The number of halogens is 1. The van der Waals surface area contributed by atoms with E-state index in [1.165, 1.54) is 0 Å². The van der Waals surface area contributed by atoms with Crippen molar-refractivity contribution in [3.05, 3.63) is 46.0 Å². The first-order chi connectivity index (χ1) is 11.6. The van der Waals surface area contributed by atoms with Gasteiger partial charge in [-0.1, -0.05) is 17.7 Å². The van der Waals surface area contributed by atoms with Gasteiger partial charge in [-0.2, -0.15) is 0 Å². The molecule has 0 fully saturated rings. The smallest absolute Gasteiger partial charge is 0.323 e. The van der Waals surface area contributed by atoms with E-state index in [1.54, 1.807) is 12.1 Å². The lowest BCUT2D eigenvalue weighted by atomic mass is 10.0. The van der Waals surface area contributed by atoms with Crippen LogP contribution >= 0.6 is 11.6 Å². The van der Waals surface area contributed by atoms with E-state index in [0.29, 0.717) is 23.9 Å². The highest BCUT2D eigenvalue weighted by Crippen LogP contribution is 2.44. The third kappa shape index (κ3) is 2.55. The van der Waals surface area contributed by atoms with Gasteiger partial charge in [0.05, 0.1) is 18.9 Å². The molecular weight excluding hydrogens is 328 g/mol. The van der Waals surface area contributed by atoms with Crippen LogP contribution in [0.2, 0.25) is 5.02 Å². The molecule has 2 aromatic rings. The minimum Gasteiger partial charge on any atom is -0.493 e. The van der Waals surface area contributed by atoms with Crippen molar-refractivity contribution in [3.8, 4) is 11.5 Å². The van der Waals surface area contributed by atoms with E-state index in [9.17, 15) is 4.79 Å². The van der Waals surface area contributed by atoms with Gasteiger partial charge in [0.15, 0.2) is 0 Å². The molecule has 2 aliphatic rings. The van der Waals surface area contributed by atoms with Crippen molar-refractivity contribution in [2.45, 2.75) is 19.8 Å². The van der Waals surface area contributed by atoms with Crippen molar-refractivity contribution in [2.24, 2.45) is 0 Å². The van der Waals surface area contributed by atoms with Crippen molar-refractivity contribution >= 4 is 29.0 Å². The molecule has 2 aliphatic heterocycles. The Bertz CT molecular complexity index is 803. The van der Waals surface area contributed by atoms with Crippen molar-refractivity contribution in [2.75, 3.05) is 23.8 Å². The highest BCUT2D eigenvalue weighted by atomic mass is 35.5. The third-order valence-electron chi connectivity index (χ3n) is 4.41. The van der Waals surface area contributed by atoms with Crippen molar-refractivity contribution < 1.29 is 14.3 Å². The average molecular weight is 345 g/mol. The maximum Gasteiger partial charge on any atom is 0.323 e. The van der Waals surface area contributed by atoms with Gasteiger partial charge in [0.2, 0.25) is 0 Å². The minimum atomic E-state index is -0.321. The summed E-state index contributed by atoms with van der Waals surface area (Å²) >= 11 is 6.10. The van der Waals surface area contributed by atoms with Gasteiger partial charge < -0.3 is 20.1 Å². The Kier molecular flexibility index (Phi) is 3.73. The molecule has 0 aromatic heterocycles. The number of ether oxygens (including phenoxy) is 2. The number of rotatable bonds is 2. The zero-order valence-electron chi connectivity index (χ0n) is 13.2. The van der Waals surface area contributed by atoms with E-state index in [2.05, 4.69) is 10.6 Å². The summed E-state index contributed by atoms with van der Waals surface area (Å²) in [5.74, 6) is 1.60. The molecular formula is C18H17ClN2O3. The van der Waals surface area contributed by atoms with Gasteiger partial charge in [-0.25, -0.2) is 4.79 Å². The number of benzene rings is 2. The summed E-state index contributed by atoms with van der Waals surface area (Å²) in [7, 11) is 0. The summed E-state index contributed by atoms with van der Waals surface area (Å²) in [4.78, 5) is 12.5. The van der Waals surface area contributed by atoms with Crippen LogP contribution in [0.3, 0.4) is 0 Å². The zero-order chi connectivity index (χ0) is 16.7. The number of fused-ring (bicyclic) bond motifs is 2. The van der Waals surface area contributed by atoms with Crippen LogP contribution in [0.25, 0.3) is 0 Å². The van der Waals surface area contributed by atoms with Crippen LogP contribution in [0.1, 0.15) is 16.7 Å². The lowest BCUT2D eigenvalue weighted by molar-refractivity contribution is 0.262. The summed E-state index contributed by atoms with van der Waals surface area (Å²) in [6.45, 7) is 3.12. The van der Waals surface area contributed by atoms with E-state index >= 15 is 0 Å². The molecule has 2 heterocycles. The summed E-state index contributed by atoms with van der Waals surface area (Å²) in [6, 6.07) is 7.12. The van der Waals surface area contributed by atoms with Crippen molar-refractivity contribution in [1.29, 1.82) is 0 Å². The highest BCUT2D eigenvalue weighted by Gasteiger charge is 2.27. The minimum absolute atomic E-state index is 0.321. The molecule has 2 N–H and O–H groups in total. The number of hydrogen-bond acceptors (Lipinski definition) is 3. The van der Waals surface area contributed by atoms with Crippen molar-refractivity contribution in [3.63, 3.8) is 0 Å². The second kappa shape index (κ2) is 5.91. The average Bonchev–Trinajstić information content (AvgIpc) is 3.20. The molecule has 24 heavy (non-hydrogen) atoms. The molecule has 0 radical (unpaired) electrons. The van der Waals surface area contributed by atoms with Crippen LogP contribution in [-0.2, 0) is 12.8 Å². The van der Waals surface area contributed by atoms with E-state index in [1.807, 2.05) is 19.1 Å². The number of carbonyl (C=O) groups excluding carboxylic acids is 1. The van der Waals surface area contributed by atoms with Gasteiger partial charge in [-0.3, -0.25) is 0 Å². The first kappa shape index (κ1) is 15.1. The fraction of sp³-hybridized carbons (Fsp3) is 0.278. The van der Waals surface area contributed by atoms with Gasteiger partial charge in [0.1, 0.15) is 11.5 Å². The SMILES string of the molecule is Cc1c(Cl)cccc1NC(=O)Nc1c2c(cc3c1OCC3)OCC2. The Morgan fingerprint density at radius 1 is 1.17 bits per heavy atom. The lowest BCUT2D eigenvalue weighted by Crippen LogP contribution is -2.21. The fourth-order valence-corrected chi connectivity index (χ4v) is 3.30. The maximum absolute atomic E-state index is 12.5. The van der Waals surface area contributed by atoms with E-state index in [-0.39, 0.29) is 6.03 Å². The fourth-order valence-electron chi connectivity index (χ4n) is 3.13. The molecule has 0 aliphatic carbocycles. The molecule has 2 amide bonds. The highest BCUT2D eigenvalue weighted by molar-refractivity contribution is 6.31. The molecule has 4 rings (SSSR count). The summed E-state index contributed by atoms with van der Waals surface area (Å²) in [6.07, 6.45) is 1.59. The molecule has 0 atom stereocenters. The summed E-state index contributed by atoms with van der Waals surface area (Å²) < 4.78 is 11.4. The number of urea groups is 1. The summed E-state index contributed by atoms with van der Waals surface area (Å²) in [5, 5.41) is 6.41. The summed E-state index contributed by atoms with van der Waals surface area (Å²) in [5.41, 5.74) is 4.30. The van der Waals surface area contributed by atoms with E-state index < -0.39 is 0 Å². The first-order valence-corrected chi connectivity index (χ1v) is 8.29. The van der Waals surface area contributed by atoms with Crippen LogP contribution in [0.4, 0.5) is 16.2 Å². The zero-order valence-corrected chi connectivity index (χ0v) is 14.0. The van der Waals surface area contributed by atoms with Crippen LogP contribution < -0.4 is 20.1 Å². The predicted molar refractivity (Wildman–Crippen MR) is 93.7 cm³/mol. The third-order valence-corrected chi connectivity index (χ3v) is 4.81. The van der Waals surface area contributed by atoms with Crippen molar-refractivity contribution in [1.82, 2.24) is 0 Å². The standard InChI is InChI=1S/C18H17ClN2O3/c1-10-13(19)3-2-4-14(10)20-18(22)21-16-12-6-8-23-15(12)9-11-5-7-24-17(11)16/h2-4,9H,5-8H2,1H3,(H2,20,21,22). The maximum atomic E-state index is 12.5. The predicted octanol–water partition coefficient (Wildman–Crippen LogP) is 4.16. The molecule has 6 heteroatoms. The molecule has 0 bridgehead atoms. The lowest BCUT2D eigenvalue weighted by Gasteiger charge is -2.15. The van der Waals surface area contributed by atoms with Crippen LogP contribution in [0, 0.1) is 6.92 Å². The number of hydrogen-bond donors (Lipinski definition) is 2. The topological polar surface area (TPSA) is 59.6 Å². The Hall–Kier alpha value is -2.40. The van der Waals surface area contributed by atoms with Crippen LogP contribution in [0.15, 0.2) is 24.3 Å². The van der Waals surface area contributed by atoms with Gasteiger partial charge in [-0.15, -0.1) is 0 Å². The quantitative estimate of drug-likeness (QED) is 0.859. The normalized spacial score (nSPS) is 14.4. The number of carbonyl (C=O) groups is 1.